The fourth-order valence-electron chi connectivity index (χ4n) is 2.09. The quantitative estimate of drug-likeness (QED) is 0.751. The lowest BCUT2D eigenvalue weighted by atomic mass is 10.2. The summed E-state index contributed by atoms with van der Waals surface area (Å²) < 4.78 is 1.78. The molecule has 0 spiro atoms. The van der Waals surface area contributed by atoms with Gasteiger partial charge in [-0.05, 0) is 35.9 Å². The molecular formula is C17H14ClN3O. The Labute approximate surface area is 133 Å². The van der Waals surface area contributed by atoms with E-state index in [1.807, 2.05) is 48.7 Å². The van der Waals surface area contributed by atoms with E-state index in [0.717, 1.165) is 16.8 Å². The molecule has 1 amide bonds. The van der Waals surface area contributed by atoms with E-state index in [1.54, 1.807) is 16.7 Å². The van der Waals surface area contributed by atoms with Gasteiger partial charge in [-0.1, -0.05) is 35.9 Å². The lowest BCUT2D eigenvalue weighted by molar-refractivity contribution is -0.116. The molecule has 2 aromatic heterocycles. The molecule has 0 aliphatic carbocycles. The van der Waals surface area contributed by atoms with Crippen LogP contribution in [0.5, 0.6) is 0 Å². The van der Waals surface area contributed by atoms with Crippen molar-refractivity contribution in [1.29, 1.82) is 0 Å². The molecule has 0 saturated carbocycles. The summed E-state index contributed by atoms with van der Waals surface area (Å²) in [5.74, 6) is -0.183. The summed E-state index contributed by atoms with van der Waals surface area (Å²) in [4.78, 5) is 11.8. The summed E-state index contributed by atoms with van der Waals surface area (Å²) in [6.45, 7) is 0.382. The monoisotopic (exact) mass is 311 g/mol. The second-order valence-corrected chi connectivity index (χ2v) is 5.19. The van der Waals surface area contributed by atoms with Crippen LogP contribution in [0.2, 0.25) is 5.02 Å². The van der Waals surface area contributed by atoms with Gasteiger partial charge in [-0.15, -0.1) is 0 Å². The van der Waals surface area contributed by atoms with Gasteiger partial charge in [0.15, 0.2) is 0 Å². The molecular weight excluding hydrogens is 298 g/mol. The minimum atomic E-state index is -0.183. The highest BCUT2D eigenvalue weighted by molar-refractivity contribution is 6.32. The van der Waals surface area contributed by atoms with E-state index in [1.165, 1.54) is 6.08 Å². The number of nitrogens with one attached hydrogen (secondary N) is 1. The minimum Gasteiger partial charge on any atom is -0.347 e. The van der Waals surface area contributed by atoms with E-state index in [9.17, 15) is 4.79 Å². The number of hydrogen-bond donors (Lipinski definition) is 1. The Kier molecular flexibility index (Phi) is 4.21. The zero-order valence-corrected chi connectivity index (χ0v) is 12.5. The summed E-state index contributed by atoms with van der Waals surface area (Å²) in [7, 11) is 0. The van der Waals surface area contributed by atoms with Gasteiger partial charge in [-0.2, -0.15) is 5.10 Å². The van der Waals surface area contributed by atoms with Crippen molar-refractivity contribution in [3.63, 3.8) is 0 Å². The summed E-state index contributed by atoms with van der Waals surface area (Å²) in [6.07, 6.45) is 5.04. The van der Waals surface area contributed by atoms with Crippen LogP contribution in [0.25, 0.3) is 11.6 Å². The second kappa shape index (κ2) is 6.45. The molecule has 0 unspecified atom stereocenters. The highest BCUT2D eigenvalue weighted by Crippen LogP contribution is 2.16. The molecule has 0 fully saturated rings. The molecule has 0 saturated heterocycles. The molecule has 22 heavy (non-hydrogen) atoms. The lowest BCUT2D eigenvalue weighted by Gasteiger charge is -1.99. The van der Waals surface area contributed by atoms with Gasteiger partial charge in [-0.25, -0.2) is 4.52 Å². The number of hydrogen-bond acceptors (Lipinski definition) is 2. The minimum absolute atomic E-state index is 0.183. The fraction of sp³-hybridized carbons (Fsp3) is 0.0588. The van der Waals surface area contributed by atoms with Gasteiger partial charge in [-0.3, -0.25) is 4.79 Å². The Morgan fingerprint density at radius 1 is 1.23 bits per heavy atom. The Hall–Kier alpha value is -2.59. The number of carbonyl (C=O) groups is 1. The maximum atomic E-state index is 11.8. The summed E-state index contributed by atoms with van der Waals surface area (Å²) in [5, 5.41) is 7.80. The highest BCUT2D eigenvalue weighted by atomic mass is 35.5. The maximum absolute atomic E-state index is 11.8. The van der Waals surface area contributed by atoms with Gasteiger partial charge in [0.05, 0.1) is 17.8 Å². The molecule has 0 aliphatic heterocycles. The van der Waals surface area contributed by atoms with Crippen molar-refractivity contribution < 1.29 is 4.79 Å². The lowest BCUT2D eigenvalue weighted by Crippen LogP contribution is -2.20. The smallest absolute Gasteiger partial charge is 0.244 e. The van der Waals surface area contributed by atoms with Crippen molar-refractivity contribution in [1.82, 2.24) is 14.9 Å². The van der Waals surface area contributed by atoms with Crippen LogP contribution in [0.3, 0.4) is 0 Å². The summed E-state index contributed by atoms with van der Waals surface area (Å²) in [6, 6.07) is 15.1. The highest BCUT2D eigenvalue weighted by Gasteiger charge is 2.02. The predicted octanol–water partition coefficient (Wildman–Crippen LogP) is 3.32. The number of nitrogens with zero attached hydrogens (tertiary/aromatic N) is 2. The maximum Gasteiger partial charge on any atom is 0.244 e. The van der Waals surface area contributed by atoms with Crippen LogP contribution in [0.15, 0.2) is 60.8 Å². The fourth-order valence-corrected chi connectivity index (χ4v) is 2.29. The molecule has 3 aromatic rings. The number of fused-ring (bicyclic) bond motifs is 1. The van der Waals surface area contributed by atoms with Crippen molar-refractivity contribution in [2.75, 3.05) is 0 Å². The van der Waals surface area contributed by atoms with Crippen LogP contribution < -0.4 is 5.32 Å². The van der Waals surface area contributed by atoms with Gasteiger partial charge >= 0.3 is 0 Å². The van der Waals surface area contributed by atoms with E-state index < -0.39 is 0 Å². The van der Waals surface area contributed by atoms with E-state index in [2.05, 4.69) is 10.4 Å². The van der Waals surface area contributed by atoms with Gasteiger partial charge in [0.25, 0.3) is 0 Å². The van der Waals surface area contributed by atoms with Crippen molar-refractivity contribution in [3.05, 3.63) is 77.1 Å². The third-order valence-corrected chi connectivity index (χ3v) is 3.53. The molecule has 0 radical (unpaired) electrons. The molecule has 4 nitrogen and oxygen atoms in total. The van der Waals surface area contributed by atoms with E-state index in [-0.39, 0.29) is 5.91 Å². The number of carbonyl (C=O) groups excluding carboxylic acids is 1. The molecule has 0 bridgehead atoms. The third-order valence-electron chi connectivity index (χ3n) is 3.18. The van der Waals surface area contributed by atoms with E-state index >= 15 is 0 Å². The van der Waals surface area contributed by atoms with Gasteiger partial charge in [0.1, 0.15) is 0 Å². The first-order valence-electron chi connectivity index (χ1n) is 6.86. The number of pyridine rings is 1. The Morgan fingerprint density at radius 2 is 2.05 bits per heavy atom. The second-order valence-electron chi connectivity index (χ2n) is 4.78. The molecule has 1 aromatic carbocycles. The number of rotatable bonds is 4. The normalized spacial score (nSPS) is 11.1. The van der Waals surface area contributed by atoms with Crippen LogP contribution in [0.1, 0.15) is 11.3 Å². The topological polar surface area (TPSA) is 46.4 Å². The molecule has 110 valence electrons. The van der Waals surface area contributed by atoms with Crippen LogP contribution in [0.4, 0.5) is 0 Å². The first-order valence-corrected chi connectivity index (χ1v) is 7.24. The van der Waals surface area contributed by atoms with Crippen LogP contribution in [-0.2, 0) is 11.3 Å². The van der Waals surface area contributed by atoms with Crippen LogP contribution in [0, 0.1) is 0 Å². The zero-order valence-electron chi connectivity index (χ0n) is 11.7. The summed E-state index contributed by atoms with van der Waals surface area (Å²) >= 11 is 6.03. The van der Waals surface area contributed by atoms with Crippen LogP contribution in [-0.4, -0.2) is 15.5 Å². The molecule has 0 atom stereocenters. The van der Waals surface area contributed by atoms with Crippen molar-refractivity contribution in [2.45, 2.75) is 6.54 Å². The average Bonchev–Trinajstić information content (AvgIpc) is 2.95. The Balaban J connectivity index is 1.61. The van der Waals surface area contributed by atoms with Gasteiger partial charge in [0.2, 0.25) is 5.91 Å². The third kappa shape index (κ3) is 3.35. The standard InChI is InChI=1S/C17H14ClN3O/c18-16-7-2-1-5-13(16)8-9-17(22)19-12-14-11-15-6-3-4-10-21(15)20-14/h1-11H,12H2,(H,19,22). The number of benzene rings is 1. The van der Waals surface area contributed by atoms with Crippen LogP contribution >= 0.6 is 11.6 Å². The largest absolute Gasteiger partial charge is 0.347 e. The van der Waals surface area contributed by atoms with Crippen molar-refractivity contribution >= 4 is 29.1 Å². The zero-order chi connectivity index (χ0) is 15.4. The predicted molar refractivity (Wildman–Crippen MR) is 87.5 cm³/mol. The van der Waals surface area contributed by atoms with Gasteiger partial charge < -0.3 is 5.32 Å². The Morgan fingerprint density at radius 3 is 2.86 bits per heavy atom. The molecule has 3 rings (SSSR count). The van der Waals surface area contributed by atoms with Crippen molar-refractivity contribution in [2.24, 2.45) is 0 Å². The Bertz CT molecular complexity index is 806. The first kappa shape index (κ1) is 14.4. The first-order chi connectivity index (χ1) is 10.7. The molecule has 5 heteroatoms. The summed E-state index contributed by atoms with van der Waals surface area (Å²) in [5.41, 5.74) is 2.62. The molecule has 0 aliphatic rings. The number of aromatic nitrogens is 2. The number of halogens is 1. The van der Waals surface area contributed by atoms with E-state index in [4.69, 9.17) is 11.6 Å². The van der Waals surface area contributed by atoms with Gasteiger partial charge in [0, 0.05) is 17.3 Å². The van der Waals surface area contributed by atoms with Crippen molar-refractivity contribution in [3.8, 4) is 0 Å². The average molecular weight is 312 g/mol. The molecule has 2 heterocycles. The number of amides is 1. The molecule has 1 N–H and O–H groups in total. The van der Waals surface area contributed by atoms with E-state index in [0.29, 0.717) is 11.6 Å². The SMILES string of the molecule is O=C(C=Cc1ccccc1Cl)NCc1cc2ccccn2n1.